The molecule has 0 bridgehead atoms. The monoisotopic (exact) mass is 290 g/mol. The first-order chi connectivity index (χ1) is 9.72. The van der Waals surface area contributed by atoms with Crippen LogP contribution in [0.4, 0.5) is 0 Å². The second-order valence-corrected chi connectivity index (χ2v) is 5.72. The highest BCUT2D eigenvalue weighted by atomic mass is 32.1. The quantitative estimate of drug-likeness (QED) is 0.754. The molecular formula is C13H14N4O2S. The molecule has 2 aromatic rings. The number of rotatable bonds is 4. The molecule has 20 heavy (non-hydrogen) atoms. The van der Waals surface area contributed by atoms with Crippen LogP contribution >= 0.6 is 11.3 Å². The fraction of sp³-hybridized carbons (Fsp3) is 0.308. The molecule has 0 aliphatic carbocycles. The van der Waals surface area contributed by atoms with Gasteiger partial charge in [0.1, 0.15) is 12.1 Å². The highest BCUT2D eigenvalue weighted by Gasteiger charge is 2.33. The number of H-pyrrole nitrogens is 1. The molecule has 2 amide bonds. The molecule has 1 fully saturated rings. The van der Waals surface area contributed by atoms with Crippen LogP contribution in [-0.2, 0) is 22.4 Å². The second-order valence-electron chi connectivity index (χ2n) is 4.69. The van der Waals surface area contributed by atoms with Crippen LogP contribution in [0.3, 0.4) is 0 Å². The van der Waals surface area contributed by atoms with Crippen molar-refractivity contribution >= 4 is 23.2 Å². The van der Waals surface area contributed by atoms with E-state index in [-0.39, 0.29) is 11.8 Å². The molecule has 0 spiro atoms. The molecule has 1 saturated heterocycles. The Hall–Kier alpha value is -2.15. The molecule has 7 heteroatoms. The highest BCUT2D eigenvalue weighted by molar-refractivity contribution is 7.09. The number of aromatic nitrogens is 2. The first-order valence-electron chi connectivity index (χ1n) is 6.33. The summed E-state index contributed by atoms with van der Waals surface area (Å²) in [5.41, 5.74) is 0.821. The maximum Gasteiger partial charge on any atom is 0.243 e. The molecule has 6 nitrogen and oxygen atoms in total. The van der Waals surface area contributed by atoms with Crippen molar-refractivity contribution in [3.8, 4) is 0 Å². The predicted molar refractivity (Wildman–Crippen MR) is 74.2 cm³/mol. The lowest BCUT2D eigenvalue weighted by Crippen LogP contribution is -2.62. The van der Waals surface area contributed by atoms with Crippen LogP contribution in [0.25, 0.3) is 0 Å². The van der Waals surface area contributed by atoms with Gasteiger partial charge in [-0.15, -0.1) is 11.3 Å². The van der Waals surface area contributed by atoms with Gasteiger partial charge < -0.3 is 15.6 Å². The lowest BCUT2D eigenvalue weighted by Gasteiger charge is -2.29. The van der Waals surface area contributed by atoms with Crippen molar-refractivity contribution < 1.29 is 9.59 Å². The lowest BCUT2D eigenvalue weighted by atomic mass is 10.0. The number of carbonyl (C=O) groups is 2. The Morgan fingerprint density at radius 1 is 1.15 bits per heavy atom. The molecule has 1 aliphatic heterocycles. The first kappa shape index (κ1) is 12.9. The molecule has 0 radical (unpaired) electrons. The fourth-order valence-corrected chi connectivity index (χ4v) is 2.96. The molecular weight excluding hydrogens is 276 g/mol. The third-order valence-electron chi connectivity index (χ3n) is 3.23. The van der Waals surface area contributed by atoms with Crippen LogP contribution in [0.15, 0.2) is 30.0 Å². The third-order valence-corrected chi connectivity index (χ3v) is 4.13. The Balaban J connectivity index is 1.64. The predicted octanol–water partition coefficient (Wildman–Crippen LogP) is 0.240. The van der Waals surface area contributed by atoms with Crippen LogP contribution < -0.4 is 10.6 Å². The average Bonchev–Trinajstić information content (AvgIpc) is 3.08. The summed E-state index contributed by atoms with van der Waals surface area (Å²) in [5, 5.41) is 7.52. The summed E-state index contributed by atoms with van der Waals surface area (Å²) in [5.74, 6) is -0.289. The average molecular weight is 290 g/mol. The van der Waals surface area contributed by atoms with Crippen LogP contribution in [0.2, 0.25) is 0 Å². The van der Waals surface area contributed by atoms with Crippen molar-refractivity contribution in [1.82, 2.24) is 20.6 Å². The summed E-state index contributed by atoms with van der Waals surface area (Å²) in [4.78, 5) is 32.0. The van der Waals surface area contributed by atoms with E-state index in [4.69, 9.17) is 0 Å². The topological polar surface area (TPSA) is 86.9 Å². The highest BCUT2D eigenvalue weighted by Crippen LogP contribution is 2.13. The van der Waals surface area contributed by atoms with Gasteiger partial charge in [0, 0.05) is 29.6 Å². The number of amides is 2. The zero-order valence-corrected chi connectivity index (χ0v) is 11.4. The van der Waals surface area contributed by atoms with E-state index < -0.39 is 12.1 Å². The number of piperazine rings is 1. The van der Waals surface area contributed by atoms with Gasteiger partial charge in [0.15, 0.2) is 0 Å². The SMILES string of the molecule is O=C1NC(Cc2cccs2)C(=O)NC1Cc1cnc[nH]1. The minimum Gasteiger partial charge on any atom is -0.348 e. The zero-order chi connectivity index (χ0) is 13.9. The summed E-state index contributed by atoms with van der Waals surface area (Å²) >= 11 is 1.58. The summed E-state index contributed by atoms with van der Waals surface area (Å²) in [6.07, 6.45) is 4.16. The van der Waals surface area contributed by atoms with E-state index in [1.54, 1.807) is 23.9 Å². The van der Waals surface area contributed by atoms with E-state index in [2.05, 4.69) is 20.6 Å². The van der Waals surface area contributed by atoms with E-state index in [9.17, 15) is 9.59 Å². The minimum atomic E-state index is -0.539. The molecule has 1 aliphatic rings. The normalized spacial score (nSPS) is 22.4. The Morgan fingerprint density at radius 3 is 2.50 bits per heavy atom. The van der Waals surface area contributed by atoms with Gasteiger partial charge in [-0.25, -0.2) is 4.98 Å². The molecule has 2 aromatic heterocycles. The number of aromatic amines is 1. The maximum absolute atomic E-state index is 12.1. The van der Waals surface area contributed by atoms with Crippen molar-refractivity contribution in [2.75, 3.05) is 0 Å². The van der Waals surface area contributed by atoms with Crippen molar-refractivity contribution in [2.45, 2.75) is 24.9 Å². The summed E-state index contributed by atoms with van der Waals surface area (Å²) in [7, 11) is 0. The number of hydrogen-bond acceptors (Lipinski definition) is 4. The number of nitrogens with zero attached hydrogens (tertiary/aromatic N) is 1. The molecule has 2 atom stereocenters. The standard InChI is InChI=1S/C13H14N4O2S/c18-12-10(4-8-6-14-7-15-8)16-13(19)11(17-12)5-9-2-1-3-20-9/h1-3,6-7,10-11H,4-5H2,(H,14,15)(H,16,19)(H,17,18). The van der Waals surface area contributed by atoms with Gasteiger partial charge in [-0.2, -0.15) is 0 Å². The minimum absolute atomic E-state index is 0.137. The maximum atomic E-state index is 12.1. The Labute approximate surface area is 119 Å². The van der Waals surface area contributed by atoms with E-state index >= 15 is 0 Å². The number of carbonyl (C=O) groups excluding carboxylic acids is 2. The van der Waals surface area contributed by atoms with Crippen molar-refractivity contribution in [2.24, 2.45) is 0 Å². The van der Waals surface area contributed by atoms with Crippen molar-refractivity contribution in [3.05, 3.63) is 40.6 Å². The van der Waals surface area contributed by atoms with Gasteiger partial charge in [0.2, 0.25) is 11.8 Å². The van der Waals surface area contributed by atoms with E-state index in [1.807, 2.05) is 17.5 Å². The largest absolute Gasteiger partial charge is 0.348 e. The Bertz CT molecular complexity index is 540. The van der Waals surface area contributed by atoms with Gasteiger partial charge in [-0.1, -0.05) is 6.07 Å². The number of imidazole rings is 1. The summed E-state index contributed by atoms with van der Waals surface area (Å²) in [6.45, 7) is 0. The van der Waals surface area contributed by atoms with Gasteiger partial charge in [-0.05, 0) is 11.4 Å². The second kappa shape index (κ2) is 5.46. The van der Waals surface area contributed by atoms with Gasteiger partial charge >= 0.3 is 0 Å². The van der Waals surface area contributed by atoms with Gasteiger partial charge in [-0.3, -0.25) is 9.59 Å². The molecule has 0 saturated carbocycles. The summed E-state index contributed by atoms with van der Waals surface area (Å²) < 4.78 is 0. The van der Waals surface area contributed by atoms with Crippen LogP contribution in [-0.4, -0.2) is 33.9 Å². The first-order valence-corrected chi connectivity index (χ1v) is 7.21. The lowest BCUT2D eigenvalue weighted by molar-refractivity contribution is -0.136. The summed E-state index contributed by atoms with van der Waals surface area (Å²) in [6, 6.07) is 2.87. The molecule has 3 heterocycles. The number of nitrogens with one attached hydrogen (secondary N) is 3. The van der Waals surface area contributed by atoms with E-state index in [1.165, 1.54) is 0 Å². The molecule has 2 unspecified atom stereocenters. The van der Waals surface area contributed by atoms with Crippen molar-refractivity contribution in [3.63, 3.8) is 0 Å². The molecule has 104 valence electrons. The molecule has 3 rings (SSSR count). The van der Waals surface area contributed by atoms with E-state index in [0.29, 0.717) is 12.8 Å². The number of thiophene rings is 1. The zero-order valence-electron chi connectivity index (χ0n) is 10.6. The van der Waals surface area contributed by atoms with Gasteiger partial charge in [0.05, 0.1) is 6.33 Å². The third kappa shape index (κ3) is 2.72. The smallest absolute Gasteiger partial charge is 0.243 e. The Morgan fingerprint density at radius 2 is 1.90 bits per heavy atom. The fourth-order valence-electron chi connectivity index (χ4n) is 2.21. The van der Waals surface area contributed by atoms with Crippen LogP contribution in [0.1, 0.15) is 10.6 Å². The van der Waals surface area contributed by atoms with Gasteiger partial charge in [0.25, 0.3) is 0 Å². The molecule has 0 aromatic carbocycles. The van der Waals surface area contributed by atoms with Crippen LogP contribution in [0, 0.1) is 0 Å². The van der Waals surface area contributed by atoms with E-state index in [0.717, 1.165) is 10.6 Å². The number of hydrogen-bond donors (Lipinski definition) is 3. The van der Waals surface area contributed by atoms with Crippen LogP contribution in [0.5, 0.6) is 0 Å². The molecule has 3 N–H and O–H groups in total. The van der Waals surface area contributed by atoms with Crippen molar-refractivity contribution in [1.29, 1.82) is 0 Å². The Kier molecular flexibility index (Phi) is 3.51.